The number of methoxy groups -OCH3 is 2. The molecule has 4 aliphatic heterocycles. The van der Waals surface area contributed by atoms with Gasteiger partial charge in [-0.15, -0.1) is 0 Å². The van der Waals surface area contributed by atoms with Gasteiger partial charge >= 0.3 is 88.7 Å². The first-order valence-electron chi connectivity index (χ1n) is 46.0. The van der Waals surface area contributed by atoms with Gasteiger partial charge in [-0.1, -0.05) is 73.3 Å². The summed E-state index contributed by atoms with van der Waals surface area (Å²) in [4.78, 5) is 14.0. The molecule has 2 aromatic carbocycles. The van der Waals surface area contributed by atoms with Crippen molar-refractivity contribution in [3.8, 4) is 22.6 Å². The van der Waals surface area contributed by atoms with E-state index in [1.165, 1.54) is 43.3 Å². The van der Waals surface area contributed by atoms with Gasteiger partial charge in [0.05, 0.1) is 195 Å². The first-order chi connectivity index (χ1) is 65.5. The van der Waals surface area contributed by atoms with E-state index < -0.39 is 115 Å². The Kier molecular flexibility index (Phi) is 59.7. The van der Waals surface area contributed by atoms with Crippen molar-refractivity contribution in [2.24, 2.45) is 0 Å². The van der Waals surface area contributed by atoms with Crippen LogP contribution in [0.1, 0.15) is 155 Å². The third-order valence-electron chi connectivity index (χ3n) is 22.7. The van der Waals surface area contributed by atoms with Gasteiger partial charge < -0.3 is 108 Å². The van der Waals surface area contributed by atoms with Gasteiger partial charge in [0.15, 0.2) is 13.1 Å². The van der Waals surface area contributed by atoms with E-state index in [2.05, 4.69) is 0 Å². The molecule has 4 heterocycles. The third-order valence-corrected chi connectivity index (χ3v) is 27.5. The molecule has 143 heavy (non-hydrogen) atoms. The van der Waals surface area contributed by atoms with Crippen molar-refractivity contribution >= 4 is 90.0 Å². The second kappa shape index (κ2) is 64.3. The Labute approximate surface area is 911 Å². The van der Waals surface area contributed by atoms with Crippen molar-refractivity contribution in [2.75, 3.05) is 238 Å². The van der Waals surface area contributed by atoms with Crippen LogP contribution in [0, 0.1) is 0 Å². The van der Waals surface area contributed by atoms with E-state index >= 15 is 0 Å². The molecule has 0 saturated heterocycles. The van der Waals surface area contributed by atoms with Gasteiger partial charge in [0.25, 0.3) is 0 Å². The van der Waals surface area contributed by atoms with Crippen LogP contribution in [0.2, 0.25) is 0 Å². The molecule has 38 nitrogen and oxygen atoms in total. The van der Waals surface area contributed by atoms with Gasteiger partial charge in [-0.2, -0.15) is 0 Å². The molecule has 0 fully saturated rings. The predicted octanol–water partition coefficient (Wildman–Crippen LogP) is -0.944. The molecule has 8 rings (SSSR count). The largest absolute Gasteiger partial charge is 1.00 e. The van der Waals surface area contributed by atoms with E-state index in [0.717, 1.165) is 22.3 Å². The van der Waals surface area contributed by atoms with Crippen LogP contribution in [0.3, 0.4) is 0 Å². The molecule has 0 aromatic heterocycles. The topological polar surface area (TPSA) is 530 Å². The molecule has 6 aliphatic rings. The number of hydrogen-bond donors (Lipinski definition) is 1. The molecule has 788 valence electrons. The van der Waals surface area contributed by atoms with Crippen molar-refractivity contribution in [1.82, 2.24) is 9.15 Å². The molecule has 1 N–H and O–H groups in total. The van der Waals surface area contributed by atoms with E-state index in [9.17, 15) is 87.7 Å². The Morgan fingerprint density at radius 2 is 0.720 bits per heavy atom. The molecule has 0 radical (unpaired) electrons. The summed E-state index contributed by atoms with van der Waals surface area (Å²) in [5, 5.41) is 11.2. The summed E-state index contributed by atoms with van der Waals surface area (Å²) in [5.74, 6) is 0.0363. The van der Waals surface area contributed by atoms with Crippen LogP contribution in [0.15, 0.2) is 139 Å². The Balaban J connectivity index is 0.000000726. The molecule has 2 unspecified atom stereocenters. The standard InChI is InChI=1S/C52H78N2O19S3.C43H62N2O15S3.CH4.3Na/c1-41(55)16-21-66-26-29-70-34-35-72-31-28-68-23-20-54-47-15-13-44(76(62,63)64)40-46(47)52(5,17-8-36-74(56,57)58)49(54)11-7-10-42-38-50(51(2,3)4)73-48-39-43(12-14-45(42)48)53(18-9-37-75(59,60)61)19-22-67-27-30-71-33-32-69-25-24-65-6;1-42(2,3)41-30-33(10-6-11-40-43(4,16-7-28-61(47,48)49)37-32-35(63(53,54)55)13-15-38(37)45(40)18-8-20-46)36-14-12-34(31-39(36)60-41)44(17-9-29-62(50,51)52)19-21-57-24-25-59-27-26-58-23-22-56-5;;;;/h7,10-15,38-40H,8-9,16-37H2,1-6H3,(H2-,56,57,58,59,60,61,62,63,64);6,10-15,30-32,46H,7-9,16-29H2,1-5H3,(H2-,47,48,49,50,51,52,53,54,55);1H4;;;/q;;;3*+1/p-4. The van der Waals surface area contributed by atoms with Crippen LogP contribution >= 0.6 is 0 Å². The maximum absolute atomic E-state index is 12.4. The van der Waals surface area contributed by atoms with E-state index in [-0.39, 0.29) is 200 Å². The van der Waals surface area contributed by atoms with Gasteiger partial charge in [-0.25, -0.2) is 59.7 Å². The minimum Gasteiger partial charge on any atom is -0.748 e. The van der Waals surface area contributed by atoms with Crippen LogP contribution in [0.5, 0.6) is 0 Å². The zero-order valence-electron chi connectivity index (χ0n) is 84.2. The number of aliphatic hydroxyl groups is 1. The molecule has 0 bridgehead atoms. The maximum atomic E-state index is 12.4. The van der Waals surface area contributed by atoms with Gasteiger partial charge in [-0.05, 0) is 148 Å². The van der Waals surface area contributed by atoms with Gasteiger partial charge in [0.1, 0.15) is 75.4 Å². The van der Waals surface area contributed by atoms with Crippen molar-refractivity contribution in [3.05, 3.63) is 165 Å². The molecule has 47 heteroatoms. The van der Waals surface area contributed by atoms with Crippen LogP contribution in [-0.2, 0) is 144 Å². The number of anilines is 2. The Bertz CT molecular complexity index is 5890. The Morgan fingerprint density at radius 3 is 1.03 bits per heavy atom. The molecule has 0 spiro atoms. The second-order valence-electron chi connectivity index (χ2n) is 35.6. The Morgan fingerprint density at radius 1 is 0.406 bits per heavy atom. The summed E-state index contributed by atoms with van der Waals surface area (Å²) in [6.45, 7) is 26.7. The quantitative estimate of drug-likeness (QED) is 0.0208. The number of carbonyl (C=O) groups is 1. The first-order valence-corrected chi connectivity index (χ1v) is 55.1. The van der Waals surface area contributed by atoms with E-state index in [1.807, 2.05) is 146 Å². The summed E-state index contributed by atoms with van der Waals surface area (Å²) in [5.41, 5.74) is 3.35. The average molecular weight is 2160 g/mol. The molecule has 2 aliphatic carbocycles. The number of Topliss-reactive ketones (excluding diaryl/α,β-unsaturated/α-hetero) is 1. The van der Waals surface area contributed by atoms with Crippen LogP contribution in [-0.4, -0.2) is 317 Å². The van der Waals surface area contributed by atoms with Crippen LogP contribution in [0.4, 0.5) is 11.4 Å². The van der Waals surface area contributed by atoms with Crippen molar-refractivity contribution < 1.29 is 242 Å². The summed E-state index contributed by atoms with van der Waals surface area (Å²) < 4.78 is 296. The SMILES string of the molecule is C.COCCOCCOCCOCC[N+](CCCS(=O)(=O)[O-])=c1ccc2c(/C=C/C=C3\N(CCCO)c4ccc(S(=O)(=O)[O-])cc4C3(C)CCCS(=O)(=O)[O-])cc(C(C)(C)C)oc-2c1.COCCOCCOCCOCC[N+](CCCS(=O)(=O)[O-])=c1ccc2c(/C=C/C=C3\N(CCOCCOCCOCCOCCC(C)=O)c4ccc(S(=O)(=O)[O-])cc4C3(C)CCCS(=O)(=O)[O-])cc(C(C)(C)C)oc-2c1.[Na+].[Na+].[Na+]. The number of ether oxygens (including phenoxy) is 12. The molecular weight excluding hydrogens is 2010 g/mol. The molecular formula is C96H140N4Na3O34S6-. The minimum atomic E-state index is -4.90. The van der Waals surface area contributed by atoms with Crippen molar-refractivity contribution in [1.29, 1.82) is 0 Å². The van der Waals surface area contributed by atoms with Gasteiger partial charge in [0, 0.05) is 144 Å². The van der Waals surface area contributed by atoms with Crippen LogP contribution in [0.25, 0.3) is 34.8 Å². The smallest absolute Gasteiger partial charge is 0.748 e. The summed E-state index contributed by atoms with van der Waals surface area (Å²) in [7, 11) is -24.6. The fourth-order valence-corrected chi connectivity index (χ4v) is 18.5. The number of rotatable bonds is 64. The third kappa shape index (κ3) is 46.7. The van der Waals surface area contributed by atoms with Crippen molar-refractivity contribution in [2.45, 2.75) is 153 Å². The molecule has 2 aromatic rings. The fourth-order valence-electron chi connectivity index (χ4n) is 15.6. The van der Waals surface area contributed by atoms with Gasteiger partial charge in [-0.3, -0.25) is 4.79 Å². The van der Waals surface area contributed by atoms with E-state index in [1.54, 1.807) is 27.2 Å². The van der Waals surface area contributed by atoms with Gasteiger partial charge in [0.2, 0.25) is 10.7 Å². The fraction of sp³-hybridized carbons (Fsp3) is 0.594. The predicted molar refractivity (Wildman–Crippen MR) is 522 cm³/mol. The number of aliphatic hydroxyl groups excluding tert-OH is 1. The van der Waals surface area contributed by atoms with E-state index in [4.69, 9.17) is 65.7 Å². The molecule has 2 atom stereocenters. The number of benzene rings is 4. The number of hydrogen-bond acceptors (Lipinski definition) is 36. The molecule has 0 saturated carbocycles. The zero-order chi connectivity index (χ0) is 102. The second-order valence-corrected chi connectivity index (χ2v) is 44.5. The number of fused-ring (bicyclic) bond motifs is 4. The minimum absolute atomic E-state index is 0. The van der Waals surface area contributed by atoms with Crippen molar-refractivity contribution in [3.63, 3.8) is 0 Å². The maximum Gasteiger partial charge on any atom is 1.00 e. The summed E-state index contributed by atoms with van der Waals surface area (Å²) >= 11 is 0. The Hall–Kier alpha value is -4.53. The monoisotopic (exact) mass is 2150 g/mol. The number of nitrogens with zero attached hydrogens (tertiary/aromatic N) is 4. The normalized spacial score (nSPS) is 16.3. The van der Waals surface area contributed by atoms with E-state index in [0.29, 0.717) is 212 Å². The zero-order valence-corrected chi connectivity index (χ0v) is 95.1. The number of ketones is 1. The average Bonchev–Trinajstić information content (AvgIpc) is 1.58. The first kappa shape index (κ1) is 133. The summed E-state index contributed by atoms with van der Waals surface area (Å²) in [6, 6.07) is 23.2. The van der Waals surface area contributed by atoms with Crippen LogP contribution < -0.4 is 118 Å². The number of carbonyl (C=O) groups excluding carboxylic acids is 1. The molecule has 0 amide bonds. The summed E-state index contributed by atoms with van der Waals surface area (Å²) in [6.07, 6.45) is 12.0. The number of allylic oxidation sites excluding steroid dienone is 6.